The number of carbonyl (C=O) groups excluding carboxylic acids is 2. The number of rotatable bonds is 7. The molecule has 9 heteroatoms. The highest BCUT2D eigenvalue weighted by atomic mass is 32.1. The van der Waals surface area contributed by atoms with Gasteiger partial charge in [0.2, 0.25) is 5.91 Å². The van der Waals surface area contributed by atoms with E-state index >= 15 is 0 Å². The molecule has 1 atom stereocenters. The lowest BCUT2D eigenvalue weighted by atomic mass is 9.98. The number of aliphatic carboxylic acids is 1. The predicted octanol–water partition coefficient (Wildman–Crippen LogP) is 4.51. The van der Waals surface area contributed by atoms with Gasteiger partial charge >= 0.3 is 12.1 Å². The SMILES string of the molecule is O=C(Nc1ncc(CCC(=O)N2CCCC2C(=O)O)s1)OCC1c2ccccc2-c2ccccc21. The zero-order chi connectivity index (χ0) is 24.4. The second-order valence-corrected chi connectivity index (χ2v) is 9.78. The molecule has 8 nitrogen and oxygen atoms in total. The van der Waals surface area contributed by atoms with Gasteiger partial charge in [-0.15, -0.1) is 11.3 Å². The van der Waals surface area contributed by atoms with Crippen molar-refractivity contribution >= 4 is 34.4 Å². The summed E-state index contributed by atoms with van der Waals surface area (Å²) in [4.78, 5) is 42.7. The first-order valence-electron chi connectivity index (χ1n) is 11.6. The molecule has 1 unspecified atom stereocenters. The van der Waals surface area contributed by atoms with Crippen molar-refractivity contribution in [2.45, 2.75) is 37.6 Å². The fourth-order valence-electron chi connectivity index (χ4n) is 4.90. The van der Waals surface area contributed by atoms with Crippen LogP contribution in [0.1, 0.15) is 41.2 Å². The summed E-state index contributed by atoms with van der Waals surface area (Å²) in [5, 5.41) is 12.3. The van der Waals surface area contributed by atoms with Crippen molar-refractivity contribution in [2.75, 3.05) is 18.5 Å². The van der Waals surface area contributed by atoms with Gasteiger partial charge in [0.25, 0.3) is 0 Å². The molecule has 2 N–H and O–H groups in total. The molecular formula is C26H25N3O5S. The van der Waals surface area contributed by atoms with Crippen LogP contribution in [0.25, 0.3) is 11.1 Å². The number of hydrogen-bond donors (Lipinski definition) is 2. The predicted molar refractivity (Wildman–Crippen MR) is 131 cm³/mol. The molecule has 180 valence electrons. The van der Waals surface area contributed by atoms with Crippen LogP contribution < -0.4 is 5.32 Å². The summed E-state index contributed by atoms with van der Waals surface area (Å²) in [6.07, 6.45) is 2.88. The molecule has 1 fully saturated rings. The Hall–Kier alpha value is -3.72. The van der Waals surface area contributed by atoms with E-state index in [9.17, 15) is 19.5 Å². The Morgan fingerprint density at radius 2 is 1.77 bits per heavy atom. The van der Waals surface area contributed by atoms with Gasteiger partial charge < -0.3 is 14.7 Å². The third kappa shape index (κ3) is 4.77. The fourth-order valence-corrected chi connectivity index (χ4v) is 5.70. The number of amides is 2. The average Bonchev–Trinajstić information content (AvgIpc) is 3.59. The molecule has 0 bridgehead atoms. The maximum atomic E-state index is 12.5. The highest BCUT2D eigenvalue weighted by Gasteiger charge is 2.33. The minimum atomic E-state index is -0.955. The van der Waals surface area contributed by atoms with E-state index in [0.717, 1.165) is 16.0 Å². The Kier molecular flexibility index (Phi) is 6.50. The summed E-state index contributed by atoms with van der Waals surface area (Å²) in [5.74, 6) is -1.15. The molecule has 0 saturated carbocycles. The average molecular weight is 492 g/mol. The number of hydrogen-bond acceptors (Lipinski definition) is 6. The lowest BCUT2D eigenvalue weighted by Gasteiger charge is -2.21. The number of carboxylic acids is 1. The zero-order valence-electron chi connectivity index (χ0n) is 19.0. The fraction of sp³-hybridized carbons (Fsp3) is 0.308. The van der Waals surface area contributed by atoms with Crippen LogP contribution in [-0.4, -0.2) is 52.2 Å². The van der Waals surface area contributed by atoms with Crippen LogP contribution in [0, 0.1) is 0 Å². The second-order valence-electron chi connectivity index (χ2n) is 8.67. The molecule has 1 aliphatic heterocycles. The van der Waals surface area contributed by atoms with Crippen molar-refractivity contribution in [1.29, 1.82) is 0 Å². The van der Waals surface area contributed by atoms with E-state index in [0.29, 0.717) is 30.9 Å². The Bertz CT molecular complexity index is 1230. The number of carbonyl (C=O) groups is 3. The quantitative estimate of drug-likeness (QED) is 0.503. The highest BCUT2D eigenvalue weighted by molar-refractivity contribution is 7.15. The monoisotopic (exact) mass is 491 g/mol. The maximum Gasteiger partial charge on any atom is 0.413 e. The third-order valence-electron chi connectivity index (χ3n) is 6.55. The normalized spacial score (nSPS) is 16.6. The lowest BCUT2D eigenvalue weighted by Crippen LogP contribution is -2.40. The molecule has 2 aromatic carbocycles. The summed E-state index contributed by atoms with van der Waals surface area (Å²) in [6, 6.07) is 15.6. The third-order valence-corrected chi connectivity index (χ3v) is 7.52. The number of carboxylic acid groups (broad SMARTS) is 1. The highest BCUT2D eigenvalue weighted by Crippen LogP contribution is 2.44. The van der Waals surface area contributed by atoms with Crippen LogP contribution in [0.15, 0.2) is 54.7 Å². The molecule has 0 spiro atoms. The Morgan fingerprint density at radius 1 is 1.09 bits per heavy atom. The molecule has 2 heterocycles. The lowest BCUT2D eigenvalue weighted by molar-refractivity contribution is -0.148. The molecule has 1 saturated heterocycles. The van der Waals surface area contributed by atoms with E-state index in [2.05, 4.69) is 34.6 Å². The van der Waals surface area contributed by atoms with E-state index in [1.807, 2.05) is 24.3 Å². The molecule has 5 rings (SSSR count). The number of benzene rings is 2. The molecule has 1 aliphatic carbocycles. The molecule has 0 radical (unpaired) electrons. The topological polar surface area (TPSA) is 109 Å². The Labute approximate surface area is 206 Å². The van der Waals surface area contributed by atoms with Crippen LogP contribution in [-0.2, 0) is 20.7 Å². The van der Waals surface area contributed by atoms with Gasteiger partial charge in [-0.2, -0.15) is 0 Å². The molecule has 2 amide bonds. The minimum Gasteiger partial charge on any atom is -0.480 e. The van der Waals surface area contributed by atoms with E-state index in [1.165, 1.54) is 27.4 Å². The number of ether oxygens (including phenoxy) is 1. The minimum absolute atomic E-state index is 0.0220. The largest absolute Gasteiger partial charge is 0.480 e. The van der Waals surface area contributed by atoms with Crippen LogP contribution in [0.5, 0.6) is 0 Å². The second kappa shape index (κ2) is 9.87. The van der Waals surface area contributed by atoms with Gasteiger partial charge in [-0.25, -0.2) is 14.6 Å². The molecule has 1 aromatic heterocycles. The van der Waals surface area contributed by atoms with Crippen LogP contribution in [0.2, 0.25) is 0 Å². The van der Waals surface area contributed by atoms with Crippen molar-refractivity contribution in [2.24, 2.45) is 0 Å². The standard InChI is InChI=1S/C26H25N3O5S/c30-23(29-13-5-10-22(29)24(31)32)12-11-16-14-27-25(35-16)28-26(33)34-15-21-19-8-3-1-6-17(19)18-7-2-4-9-20(18)21/h1-4,6-9,14,21-22H,5,10-13,15H2,(H,31,32)(H,27,28,33). The van der Waals surface area contributed by atoms with Crippen molar-refractivity contribution in [1.82, 2.24) is 9.88 Å². The molecule has 35 heavy (non-hydrogen) atoms. The van der Waals surface area contributed by atoms with Crippen molar-refractivity contribution in [3.8, 4) is 11.1 Å². The molecule has 3 aromatic rings. The first-order chi connectivity index (χ1) is 17.0. The van der Waals surface area contributed by atoms with E-state index < -0.39 is 18.1 Å². The zero-order valence-corrected chi connectivity index (χ0v) is 19.8. The van der Waals surface area contributed by atoms with Gasteiger partial charge in [-0.05, 0) is 41.5 Å². The van der Waals surface area contributed by atoms with Gasteiger partial charge in [-0.3, -0.25) is 10.1 Å². The summed E-state index contributed by atoms with van der Waals surface area (Å²) >= 11 is 1.28. The van der Waals surface area contributed by atoms with Gasteiger partial charge in [0.1, 0.15) is 12.6 Å². The van der Waals surface area contributed by atoms with Crippen LogP contribution >= 0.6 is 11.3 Å². The first kappa shape index (κ1) is 23.0. The van der Waals surface area contributed by atoms with Gasteiger partial charge in [-0.1, -0.05) is 48.5 Å². The van der Waals surface area contributed by atoms with E-state index in [-0.39, 0.29) is 24.9 Å². The number of aromatic nitrogens is 1. The Morgan fingerprint density at radius 3 is 2.46 bits per heavy atom. The summed E-state index contributed by atoms with van der Waals surface area (Å²) in [5.41, 5.74) is 4.62. The van der Waals surface area contributed by atoms with E-state index in [4.69, 9.17) is 4.74 Å². The smallest absolute Gasteiger partial charge is 0.413 e. The number of nitrogens with one attached hydrogen (secondary N) is 1. The number of fused-ring (bicyclic) bond motifs is 3. The van der Waals surface area contributed by atoms with Crippen LogP contribution in [0.3, 0.4) is 0 Å². The number of thiazole rings is 1. The van der Waals surface area contributed by atoms with E-state index in [1.54, 1.807) is 6.20 Å². The van der Waals surface area contributed by atoms with Gasteiger partial charge in [0.15, 0.2) is 5.13 Å². The molecule has 2 aliphatic rings. The van der Waals surface area contributed by atoms with Gasteiger partial charge in [0.05, 0.1) is 0 Å². The maximum absolute atomic E-state index is 12.5. The number of likely N-dealkylation sites (tertiary alicyclic amines) is 1. The van der Waals surface area contributed by atoms with Crippen molar-refractivity contribution in [3.05, 3.63) is 70.7 Å². The number of anilines is 1. The van der Waals surface area contributed by atoms with Crippen LogP contribution in [0.4, 0.5) is 9.93 Å². The number of aryl methyl sites for hydroxylation is 1. The first-order valence-corrected chi connectivity index (χ1v) is 12.4. The summed E-state index contributed by atoms with van der Waals surface area (Å²) in [7, 11) is 0. The molecular weight excluding hydrogens is 466 g/mol. The summed E-state index contributed by atoms with van der Waals surface area (Å²) in [6.45, 7) is 0.695. The Balaban J connectivity index is 1.14. The van der Waals surface area contributed by atoms with Crippen molar-refractivity contribution < 1.29 is 24.2 Å². The number of nitrogens with zero attached hydrogens (tertiary/aromatic N) is 2. The summed E-state index contributed by atoms with van der Waals surface area (Å²) < 4.78 is 5.55. The van der Waals surface area contributed by atoms with Gasteiger partial charge in [0, 0.05) is 30.0 Å². The van der Waals surface area contributed by atoms with Crippen molar-refractivity contribution in [3.63, 3.8) is 0 Å².